The average molecular weight is 428 g/mol. The van der Waals surface area contributed by atoms with Crippen LogP contribution in [-0.2, 0) is 6.16 Å². The zero-order chi connectivity index (χ0) is 21.8. The van der Waals surface area contributed by atoms with E-state index in [9.17, 15) is 5.26 Å². The molecule has 0 spiro atoms. The normalized spacial score (nSPS) is 11.2. The van der Waals surface area contributed by atoms with E-state index in [1.807, 2.05) is 18.2 Å². The van der Waals surface area contributed by atoms with Crippen LogP contribution < -0.4 is 15.9 Å². The highest BCUT2D eigenvalue weighted by molar-refractivity contribution is 7.95. The van der Waals surface area contributed by atoms with Crippen molar-refractivity contribution in [3.05, 3.63) is 139 Å². The molecule has 0 fully saturated rings. The number of benzene rings is 5. The Morgan fingerprint density at radius 1 is 0.531 bits per heavy atom. The molecule has 0 radical (unpaired) electrons. The van der Waals surface area contributed by atoms with Gasteiger partial charge in [-0.2, -0.15) is 5.26 Å². The van der Waals surface area contributed by atoms with Gasteiger partial charge in [0.1, 0.15) is 23.2 Å². The number of hydrogen-bond donors (Lipinski definition) is 0. The lowest BCUT2D eigenvalue weighted by molar-refractivity contribution is 1.41. The summed E-state index contributed by atoms with van der Waals surface area (Å²) in [6.07, 6.45) is 0.928. The maximum atomic E-state index is 9.35. The van der Waals surface area contributed by atoms with Gasteiger partial charge in [0.2, 0.25) is 0 Å². The van der Waals surface area contributed by atoms with Crippen LogP contribution in [0.5, 0.6) is 0 Å². The van der Waals surface area contributed by atoms with Gasteiger partial charge in [-0.05, 0) is 70.9 Å². The Bertz CT molecular complexity index is 1290. The van der Waals surface area contributed by atoms with E-state index in [0.717, 1.165) is 16.9 Å². The second kappa shape index (κ2) is 8.80. The van der Waals surface area contributed by atoms with E-state index in [4.69, 9.17) is 0 Å². The third kappa shape index (κ3) is 3.71. The average Bonchev–Trinajstić information content (AvgIpc) is 2.88. The molecule has 1 nitrogen and oxygen atoms in total. The van der Waals surface area contributed by atoms with Gasteiger partial charge in [0, 0.05) is 0 Å². The summed E-state index contributed by atoms with van der Waals surface area (Å²) in [6, 6.07) is 47.7. The molecule has 0 N–H and O–H groups in total. The highest BCUT2D eigenvalue weighted by Gasteiger charge is 2.45. The Morgan fingerprint density at radius 3 is 1.53 bits per heavy atom. The zero-order valence-electron chi connectivity index (χ0n) is 17.7. The predicted molar refractivity (Wildman–Crippen MR) is 138 cm³/mol. The first kappa shape index (κ1) is 20.2. The van der Waals surface area contributed by atoms with Gasteiger partial charge in [-0.1, -0.05) is 72.8 Å². The molecule has 0 heterocycles. The van der Waals surface area contributed by atoms with Crippen molar-refractivity contribution < 1.29 is 0 Å². The van der Waals surface area contributed by atoms with E-state index < -0.39 is 7.26 Å². The van der Waals surface area contributed by atoms with Crippen LogP contribution in [0.4, 0.5) is 0 Å². The molecule has 5 aromatic rings. The molecule has 0 amide bonds. The minimum Gasteiger partial charge on any atom is -0.192 e. The number of nitriles is 1. The smallest absolute Gasteiger partial charge is 0.116 e. The van der Waals surface area contributed by atoms with Crippen LogP contribution in [0, 0.1) is 11.3 Å². The highest BCUT2D eigenvalue weighted by atomic mass is 31.2. The molecule has 0 aliphatic carbocycles. The molecule has 0 saturated heterocycles. The van der Waals surface area contributed by atoms with Crippen LogP contribution in [0.1, 0.15) is 11.1 Å². The van der Waals surface area contributed by atoms with Crippen LogP contribution in [0.25, 0.3) is 10.8 Å². The molecule has 0 atom stereocenters. The Balaban J connectivity index is 1.75. The zero-order valence-corrected chi connectivity index (χ0v) is 18.6. The second-order valence-electron chi connectivity index (χ2n) is 7.98. The SMILES string of the molecule is N#Cc1ccc2ccc(C[P+](c3ccccc3)(c3ccccc3)c3ccccc3)cc2c1. The quantitative estimate of drug-likeness (QED) is 0.306. The van der Waals surface area contributed by atoms with Crippen molar-refractivity contribution in [3.63, 3.8) is 0 Å². The van der Waals surface area contributed by atoms with E-state index in [2.05, 4.69) is 115 Å². The first-order valence-corrected chi connectivity index (χ1v) is 12.7. The molecule has 152 valence electrons. The van der Waals surface area contributed by atoms with Gasteiger partial charge < -0.3 is 0 Å². The van der Waals surface area contributed by atoms with Crippen molar-refractivity contribution in [2.45, 2.75) is 6.16 Å². The summed E-state index contributed by atoms with van der Waals surface area (Å²) in [6.45, 7) is 0. The van der Waals surface area contributed by atoms with Gasteiger partial charge in [-0.3, -0.25) is 0 Å². The van der Waals surface area contributed by atoms with Crippen molar-refractivity contribution in [2.24, 2.45) is 0 Å². The van der Waals surface area contributed by atoms with E-state index in [1.165, 1.54) is 21.5 Å². The molecular weight excluding hydrogens is 405 g/mol. The maximum absolute atomic E-state index is 9.35. The largest absolute Gasteiger partial charge is 0.192 e. The minimum atomic E-state index is -1.94. The molecule has 0 unspecified atom stereocenters. The van der Waals surface area contributed by atoms with E-state index in [0.29, 0.717) is 5.56 Å². The molecule has 0 bridgehead atoms. The summed E-state index contributed by atoms with van der Waals surface area (Å²) in [4.78, 5) is 0. The van der Waals surface area contributed by atoms with E-state index in [-0.39, 0.29) is 0 Å². The highest BCUT2D eigenvalue weighted by Crippen LogP contribution is 2.58. The molecule has 32 heavy (non-hydrogen) atoms. The number of fused-ring (bicyclic) bond motifs is 1. The Morgan fingerprint density at radius 2 is 1.03 bits per heavy atom. The summed E-state index contributed by atoms with van der Waals surface area (Å²) in [5.41, 5.74) is 1.99. The lowest BCUT2D eigenvalue weighted by Crippen LogP contribution is -2.32. The Labute approximate surface area is 189 Å². The first-order valence-electron chi connectivity index (χ1n) is 10.8. The molecule has 5 aromatic carbocycles. The van der Waals surface area contributed by atoms with Crippen LogP contribution in [0.15, 0.2) is 127 Å². The fourth-order valence-corrected chi connectivity index (χ4v) is 8.74. The lowest BCUT2D eigenvalue weighted by Gasteiger charge is -2.28. The molecule has 2 heteroatoms. The van der Waals surface area contributed by atoms with Gasteiger partial charge in [0.25, 0.3) is 0 Å². The van der Waals surface area contributed by atoms with Gasteiger partial charge >= 0.3 is 0 Å². The summed E-state index contributed by atoms with van der Waals surface area (Å²) in [5.74, 6) is 0. The Kier molecular flexibility index (Phi) is 5.55. The van der Waals surface area contributed by atoms with Crippen LogP contribution in [-0.4, -0.2) is 0 Å². The van der Waals surface area contributed by atoms with Crippen molar-refractivity contribution >= 4 is 33.9 Å². The summed E-state index contributed by atoms with van der Waals surface area (Å²) in [7, 11) is -1.94. The van der Waals surface area contributed by atoms with Gasteiger partial charge in [-0.15, -0.1) is 0 Å². The van der Waals surface area contributed by atoms with Crippen molar-refractivity contribution in [1.29, 1.82) is 5.26 Å². The van der Waals surface area contributed by atoms with Gasteiger partial charge in [0.15, 0.2) is 0 Å². The molecule has 0 aromatic heterocycles. The lowest BCUT2D eigenvalue weighted by atomic mass is 10.1. The van der Waals surface area contributed by atoms with Crippen molar-refractivity contribution in [2.75, 3.05) is 0 Å². The van der Waals surface area contributed by atoms with Crippen LogP contribution in [0.3, 0.4) is 0 Å². The molecule has 0 aliphatic rings. The monoisotopic (exact) mass is 428 g/mol. The van der Waals surface area contributed by atoms with Crippen molar-refractivity contribution in [3.8, 4) is 6.07 Å². The molecule has 0 aliphatic heterocycles. The summed E-state index contributed by atoms with van der Waals surface area (Å²) in [5, 5.41) is 15.8. The standard InChI is InChI=1S/C30H23NP/c31-22-24-16-18-26-19-17-25(21-27(26)20-24)23-32(28-10-4-1-5-11-28,29-12-6-2-7-13-29)30-14-8-3-9-15-30/h1-21H,23H2/q+1. The first-order chi connectivity index (χ1) is 15.8. The second-order valence-corrected chi connectivity index (χ2v) is 11.5. The third-order valence-corrected chi connectivity index (χ3v) is 10.4. The number of nitrogens with zero attached hydrogens (tertiary/aromatic N) is 1. The summed E-state index contributed by atoms with van der Waals surface area (Å²) >= 11 is 0. The molecule has 5 rings (SSSR count). The molecular formula is C30H23NP+. The number of hydrogen-bond acceptors (Lipinski definition) is 1. The van der Waals surface area contributed by atoms with Crippen molar-refractivity contribution in [1.82, 2.24) is 0 Å². The molecule has 0 saturated carbocycles. The van der Waals surface area contributed by atoms with E-state index >= 15 is 0 Å². The van der Waals surface area contributed by atoms with Gasteiger partial charge in [0.05, 0.1) is 17.8 Å². The van der Waals surface area contributed by atoms with E-state index in [1.54, 1.807) is 0 Å². The minimum absolute atomic E-state index is 0.699. The summed E-state index contributed by atoms with van der Waals surface area (Å²) < 4.78 is 0. The number of rotatable bonds is 5. The van der Waals surface area contributed by atoms with Crippen LogP contribution >= 0.6 is 7.26 Å². The Hall–Kier alpha value is -3.72. The fraction of sp³-hybridized carbons (Fsp3) is 0.0333. The topological polar surface area (TPSA) is 23.8 Å². The fourth-order valence-electron chi connectivity index (χ4n) is 4.51. The van der Waals surface area contributed by atoms with Gasteiger partial charge in [-0.25, -0.2) is 0 Å². The predicted octanol–water partition coefficient (Wildman–Crippen LogP) is 6.21. The third-order valence-electron chi connectivity index (χ3n) is 6.04. The maximum Gasteiger partial charge on any atom is 0.116 e. The van der Waals surface area contributed by atoms with Crippen LogP contribution in [0.2, 0.25) is 0 Å².